The maximum absolute atomic E-state index is 13.5. The molecule has 0 aliphatic heterocycles. The molecule has 4 unspecified atom stereocenters. The van der Waals surface area contributed by atoms with Crippen LogP contribution in [0.15, 0.2) is 0 Å². The Bertz CT molecular complexity index is 967. The monoisotopic (exact) mass is 851 g/mol. The lowest BCUT2D eigenvalue weighted by atomic mass is 10.1. The molecular formula is C48H98O7S2. The molecule has 57 heavy (non-hydrogen) atoms. The average Bonchev–Trinajstić information content (AvgIpc) is 3.18. The van der Waals surface area contributed by atoms with E-state index in [-0.39, 0.29) is 23.7 Å². The molecule has 0 spiro atoms. The zero-order valence-electron chi connectivity index (χ0n) is 38.9. The maximum atomic E-state index is 13.5. The Hall–Kier alpha value is -0.220. The van der Waals surface area contributed by atoms with Crippen molar-refractivity contribution in [2.45, 2.75) is 270 Å². The summed E-state index contributed by atoms with van der Waals surface area (Å²) in [4.78, 5) is 0. The van der Waals surface area contributed by atoms with Gasteiger partial charge in [-0.1, -0.05) is 195 Å². The van der Waals surface area contributed by atoms with Crippen LogP contribution in [0.3, 0.4) is 0 Å². The average molecular weight is 851 g/mol. The van der Waals surface area contributed by atoms with Gasteiger partial charge in [0.15, 0.2) is 19.7 Å². The van der Waals surface area contributed by atoms with E-state index in [1.54, 1.807) is 0 Å². The molecular weight excluding hydrogens is 753 g/mol. The lowest BCUT2D eigenvalue weighted by Crippen LogP contribution is -2.36. The molecule has 0 saturated heterocycles. The number of hydrogen-bond acceptors (Lipinski definition) is 7. The van der Waals surface area contributed by atoms with Crippen molar-refractivity contribution in [3.8, 4) is 0 Å². The van der Waals surface area contributed by atoms with Crippen LogP contribution in [0, 0.1) is 0 Å². The highest BCUT2D eigenvalue weighted by Gasteiger charge is 2.32. The Balaban J connectivity index is 4.67. The van der Waals surface area contributed by atoms with Crippen LogP contribution in [0.1, 0.15) is 247 Å². The quantitative estimate of drug-likeness (QED) is 0.0563. The van der Waals surface area contributed by atoms with E-state index in [0.717, 1.165) is 77.0 Å². The minimum Gasteiger partial charge on any atom is -0.381 e. The lowest BCUT2D eigenvalue weighted by molar-refractivity contribution is 0.0240. The van der Waals surface area contributed by atoms with Gasteiger partial charge in [0.1, 0.15) is 0 Å². The molecule has 0 bridgehead atoms. The van der Waals surface area contributed by atoms with Crippen LogP contribution in [-0.2, 0) is 33.9 Å². The fourth-order valence-corrected chi connectivity index (χ4v) is 12.2. The summed E-state index contributed by atoms with van der Waals surface area (Å²) >= 11 is 0. The highest BCUT2D eigenvalue weighted by molar-refractivity contribution is 7.92. The van der Waals surface area contributed by atoms with Gasteiger partial charge in [-0.05, 0) is 52.4 Å². The van der Waals surface area contributed by atoms with E-state index in [4.69, 9.17) is 14.2 Å². The van der Waals surface area contributed by atoms with Crippen molar-refractivity contribution in [1.29, 1.82) is 0 Å². The Morgan fingerprint density at radius 2 is 0.596 bits per heavy atom. The predicted molar refractivity (Wildman–Crippen MR) is 247 cm³/mol. The highest BCUT2D eigenvalue weighted by Crippen LogP contribution is 2.23. The van der Waals surface area contributed by atoms with Gasteiger partial charge in [0.25, 0.3) is 0 Å². The summed E-state index contributed by atoms with van der Waals surface area (Å²) in [5.74, 6) is 0.538. The molecule has 0 heterocycles. The zero-order valence-corrected chi connectivity index (χ0v) is 40.5. The van der Waals surface area contributed by atoms with Gasteiger partial charge in [0, 0.05) is 26.4 Å². The van der Waals surface area contributed by atoms with E-state index in [9.17, 15) is 16.8 Å². The molecule has 0 aromatic heterocycles. The fraction of sp³-hybridized carbons (Fsp3) is 1.00. The summed E-state index contributed by atoms with van der Waals surface area (Å²) in [6.07, 6.45) is 34.3. The van der Waals surface area contributed by atoms with Gasteiger partial charge in [-0.2, -0.15) is 0 Å². The second-order valence-electron chi connectivity index (χ2n) is 17.3. The maximum Gasteiger partial charge on any atom is 0.155 e. The summed E-state index contributed by atoms with van der Waals surface area (Å²) in [7, 11) is -6.46. The van der Waals surface area contributed by atoms with Crippen LogP contribution in [-0.4, -0.2) is 77.5 Å². The molecule has 4 atom stereocenters. The van der Waals surface area contributed by atoms with Crippen molar-refractivity contribution in [3.63, 3.8) is 0 Å². The van der Waals surface area contributed by atoms with Gasteiger partial charge in [-0.25, -0.2) is 16.8 Å². The molecule has 0 aliphatic carbocycles. The Labute approximate surface area is 356 Å². The number of ether oxygens (including phenoxy) is 3. The first-order chi connectivity index (χ1) is 27.6. The molecule has 7 nitrogen and oxygen atoms in total. The number of hydrogen-bond donors (Lipinski definition) is 0. The van der Waals surface area contributed by atoms with E-state index in [1.165, 1.54) is 103 Å². The van der Waals surface area contributed by atoms with Crippen LogP contribution in [0.25, 0.3) is 0 Å². The van der Waals surface area contributed by atoms with Crippen LogP contribution in [0.2, 0.25) is 0 Å². The molecule has 9 heteroatoms. The van der Waals surface area contributed by atoms with Crippen LogP contribution >= 0.6 is 0 Å². The summed E-state index contributed by atoms with van der Waals surface area (Å²) in [6.45, 7) is 14.8. The first-order valence-corrected chi connectivity index (χ1v) is 28.2. The SMILES string of the molecule is CCCCCCCCCCCS(=O)(=O)C(CCCCCCC)C(C)OCCCOCCCOC(C)C(CCCCCCC)S(=O)(=O)CCCCCCCCCCC. The smallest absolute Gasteiger partial charge is 0.155 e. The summed E-state index contributed by atoms with van der Waals surface area (Å²) < 4.78 is 72.3. The second-order valence-corrected chi connectivity index (χ2v) is 22.0. The van der Waals surface area contributed by atoms with Crippen molar-refractivity contribution in [2.24, 2.45) is 0 Å². The first-order valence-electron chi connectivity index (χ1n) is 24.8. The fourth-order valence-electron chi connectivity index (χ4n) is 8.02. The largest absolute Gasteiger partial charge is 0.381 e. The van der Waals surface area contributed by atoms with Gasteiger partial charge in [-0.3, -0.25) is 0 Å². The summed E-state index contributed by atoms with van der Waals surface area (Å²) in [6, 6.07) is 0. The molecule has 344 valence electrons. The Kier molecular flexibility index (Phi) is 39.7. The van der Waals surface area contributed by atoms with E-state index in [2.05, 4.69) is 27.7 Å². The van der Waals surface area contributed by atoms with Gasteiger partial charge in [0.05, 0.1) is 34.2 Å². The summed E-state index contributed by atoms with van der Waals surface area (Å²) in [5, 5.41) is -0.885. The van der Waals surface area contributed by atoms with Crippen molar-refractivity contribution >= 4 is 19.7 Å². The third kappa shape index (κ3) is 33.1. The molecule has 0 rings (SSSR count). The Morgan fingerprint density at radius 3 is 0.895 bits per heavy atom. The van der Waals surface area contributed by atoms with Gasteiger partial charge in [0.2, 0.25) is 0 Å². The standard InChI is InChI=1S/C48H98O7S2/c1-7-11-15-19-21-23-25-29-33-43-56(49,50)47(37-31-27-17-13-9-3)45(5)54-41-35-39-53-40-36-42-55-46(6)48(38-32-28-18-14-10-4)57(51,52)44-34-30-26-24-22-20-16-12-8-2/h45-48H,7-44H2,1-6H3. The molecule has 0 saturated carbocycles. The number of sulfone groups is 2. The van der Waals surface area contributed by atoms with E-state index in [0.29, 0.717) is 52.1 Å². The van der Waals surface area contributed by atoms with Gasteiger partial charge < -0.3 is 14.2 Å². The second kappa shape index (κ2) is 39.9. The van der Waals surface area contributed by atoms with Crippen molar-refractivity contribution in [1.82, 2.24) is 0 Å². The van der Waals surface area contributed by atoms with Gasteiger partial charge in [-0.15, -0.1) is 0 Å². The molecule has 0 aromatic carbocycles. The molecule has 0 radical (unpaired) electrons. The van der Waals surface area contributed by atoms with Crippen molar-refractivity contribution < 1.29 is 31.0 Å². The minimum atomic E-state index is -3.23. The number of unbranched alkanes of at least 4 members (excludes halogenated alkanes) is 24. The van der Waals surface area contributed by atoms with Crippen LogP contribution in [0.4, 0.5) is 0 Å². The van der Waals surface area contributed by atoms with Crippen LogP contribution < -0.4 is 0 Å². The molecule has 0 amide bonds. The van der Waals surface area contributed by atoms with Crippen molar-refractivity contribution in [2.75, 3.05) is 37.9 Å². The lowest BCUT2D eigenvalue weighted by Gasteiger charge is -2.25. The third-order valence-corrected chi connectivity index (χ3v) is 16.6. The topological polar surface area (TPSA) is 96.0 Å². The third-order valence-electron chi connectivity index (χ3n) is 11.8. The van der Waals surface area contributed by atoms with E-state index >= 15 is 0 Å². The zero-order chi connectivity index (χ0) is 42.3. The summed E-state index contributed by atoms with van der Waals surface area (Å²) in [5.41, 5.74) is 0. The Morgan fingerprint density at radius 1 is 0.333 bits per heavy atom. The molecule has 0 N–H and O–H groups in total. The first kappa shape index (κ1) is 56.8. The highest BCUT2D eigenvalue weighted by atomic mass is 32.2. The van der Waals surface area contributed by atoms with E-state index < -0.39 is 30.2 Å². The van der Waals surface area contributed by atoms with E-state index in [1.807, 2.05) is 13.8 Å². The van der Waals surface area contributed by atoms with Crippen molar-refractivity contribution in [3.05, 3.63) is 0 Å². The normalized spacial score (nSPS) is 14.6. The van der Waals surface area contributed by atoms with Gasteiger partial charge >= 0.3 is 0 Å². The minimum absolute atomic E-state index is 0.269. The van der Waals surface area contributed by atoms with Crippen LogP contribution in [0.5, 0.6) is 0 Å². The molecule has 0 aliphatic rings. The number of rotatable bonds is 46. The molecule has 0 aromatic rings. The predicted octanol–water partition coefficient (Wildman–Crippen LogP) is 13.9. The molecule has 0 fully saturated rings.